The number of hydrogen-bond donors (Lipinski definition) is 3. The Bertz CT molecular complexity index is 201. The van der Waals surface area contributed by atoms with E-state index in [-0.39, 0.29) is 0 Å². The molecule has 0 aromatic heterocycles. The summed E-state index contributed by atoms with van der Waals surface area (Å²) in [7, 11) is 0. The zero-order valence-corrected chi connectivity index (χ0v) is 5.94. The minimum Gasteiger partial charge on any atom is -0.480 e. The minimum atomic E-state index is -1.10. The fourth-order valence-corrected chi connectivity index (χ4v) is 1.11. The maximum atomic E-state index is 10.7. The van der Waals surface area contributed by atoms with Crippen LogP contribution >= 0.6 is 0 Å². The Hall–Kier alpha value is -1.10. The third kappa shape index (κ3) is 1.19. The van der Waals surface area contributed by atoms with Crippen molar-refractivity contribution < 1.29 is 19.8 Å². The predicted octanol–water partition coefficient (Wildman–Crippen LogP) is -1.43. The molecular weight excluding hydrogens is 150 g/mol. The van der Waals surface area contributed by atoms with Crippen molar-refractivity contribution in [2.24, 2.45) is 5.92 Å². The van der Waals surface area contributed by atoms with Crippen molar-refractivity contribution in [1.29, 1.82) is 0 Å². The summed E-state index contributed by atoms with van der Waals surface area (Å²) in [6, 6.07) is -0.914. The minimum absolute atomic E-state index is 0.396. The molecule has 1 saturated heterocycles. The maximum Gasteiger partial charge on any atom is 0.327 e. The first kappa shape index (κ1) is 8.00. The van der Waals surface area contributed by atoms with Crippen LogP contribution in [0, 0.1) is 5.92 Å². The second-order valence-electron chi connectivity index (χ2n) is 2.59. The molecule has 0 bridgehead atoms. The lowest BCUT2D eigenvalue weighted by Crippen LogP contribution is -2.65. The summed E-state index contributed by atoms with van der Waals surface area (Å²) in [5.74, 6) is -2.28. The first-order valence-corrected chi connectivity index (χ1v) is 3.25. The number of aliphatic hydroxyl groups is 1. The van der Waals surface area contributed by atoms with Gasteiger partial charge in [-0.05, 0) is 6.92 Å². The van der Waals surface area contributed by atoms with E-state index in [9.17, 15) is 9.59 Å². The average molecular weight is 159 g/mol. The SMILES string of the molecule is C[C@@H](O)[C@H]1C(=O)N[C@@H]1C(=O)O. The third-order valence-electron chi connectivity index (χ3n) is 1.75. The molecule has 0 aromatic rings. The number of carbonyl (C=O) groups excluding carboxylic acids is 1. The average Bonchev–Trinajstić information content (AvgIpc) is 1.80. The molecule has 1 fully saturated rings. The zero-order chi connectivity index (χ0) is 8.59. The Labute approximate surface area is 63.0 Å². The van der Waals surface area contributed by atoms with Crippen LogP contribution in [-0.4, -0.2) is 34.2 Å². The summed E-state index contributed by atoms with van der Waals surface area (Å²) in [5.41, 5.74) is 0. The van der Waals surface area contributed by atoms with Gasteiger partial charge in [-0.2, -0.15) is 0 Å². The number of aliphatic carboxylic acids is 1. The molecular formula is C6H9NO4. The number of aliphatic hydroxyl groups excluding tert-OH is 1. The van der Waals surface area contributed by atoms with Gasteiger partial charge in [-0.1, -0.05) is 0 Å². The van der Waals surface area contributed by atoms with Crippen molar-refractivity contribution in [1.82, 2.24) is 5.32 Å². The van der Waals surface area contributed by atoms with E-state index in [1.165, 1.54) is 6.92 Å². The Kier molecular flexibility index (Phi) is 1.82. The lowest BCUT2D eigenvalue weighted by Gasteiger charge is -2.35. The zero-order valence-electron chi connectivity index (χ0n) is 5.94. The summed E-state index contributed by atoms with van der Waals surface area (Å²) in [6.45, 7) is 1.40. The fraction of sp³-hybridized carbons (Fsp3) is 0.667. The van der Waals surface area contributed by atoms with Crippen LogP contribution in [0.1, 0.15) is 6.92 Å². The molecule has 1 amide bonds. The monoisotopic (exact) mass is 159 g/mol. The van der Waals surface area contributed by atoms with Crippen LogP contribution in [0.5, 0.6) is 0 Å². The van der Waals surface area contributed by atoms with E-state index in [1.54, 1.807) is 0 Å². The summed E-state index contributed by atoms with van der Waals surface area (Å²) in [4.78, 5) is 21.0. The van der Waals surface area contributed by atoms with Gasteiger partial charge in [-0.25, -0.2) is 4.79 Å². The maximum absolute atomic E-state index is 10.7. The number of β-lactam (4-membered cyclic amide) rings is 1. The highest BCUT2D eigenvalue weighted by atomic mass is 16.4. The molecule has 1 rings (SSSR count). The molecule has 1 heterocycles. The van der Waals surface area contributed by atoms with Gasteiger partial charge in [-0.15, -0.1) is 0 Å². The normalized spacial score (nSPS) is 32.0. The standard InChI is InChI=1S/C6H9NO4/c1-2(8)3-4(6(10)11)7-5(3)9/h2-4,8H,1H3,(H,7,9)(H,10,11)/t2-,3-,4+/m1/s1. The molecule has 0 aliphatic carbocycles. The fourth-order valence-electron chi connectivity index (χ4n) is 1.11. The van der Waals surface area contributed by atoms with Gasteiger partial charge in [-0.3, -0.25) is 4.79 Å². The highest BCUT2D eigenvalue weighted by Crippen LogP contribution is 2.18. The van der Waals surface area contributed by atoms with Crippen molar-refractivity contribution in [3.63, 3.8) is 0 Å². The molecule has 11 heavy (non-hydrogen) atoms. The number of carbonyl (C=O) groups is 2. The van der Waals surface area contributed by atoms with Crippen LogP contribution in [0.25, 0.3) is 0 Å². The lowest BCUT2D eigenvalue weighted by molar-refractivity contribution is -0.157. The van der Waals surface area contributed by atoms with Crippen molar-refractivity contribution >= 4 is 11.9 Å². The summed E-state index contributed by atoms with van der Waals surface area (Å²) in [5, 5.41) is 19.6. The topological polar surface area (TPSA) is 86.6 Å². The van der Waals surface area contributed by atoms with Crippen molar-refractivity contribution in [3.05, 3.63) is 0 Å². The summed E-state index contributed by atoms with van der Waals surface area (Å²) < 4.78 is 0. The molecule has 5 nitrogen and oxygen atoms in total. The first-order valence-electron chi connectivity index (χ1n) is 3.25. The summed E-state index contributed by atoms with van der Waals surface area (Å²) in [6.07, 6.45) is -0.898. The number of rotatable bonds is 2. The molecule has 3 N–H and O–H groups in total. The molecule has 0 unspecified atom stereocenters. The Morgan fingerprint density at radius 2 is 2.27 bits per heavy atom. The summed E-state index contributed by atoms with van der Waals surface area (Å²) >= 11 is 0. The Morgan fingerprint density at radius 1 is 1.73 bits per heavy atom. The van der Waals surface area contributed by atoms with Crippen LogP contribution in [0.3, 0.4) is 0 Å². The van der Waals surface area contributed by atoms with E-state index < -0.39 is 29.9 Å². The van der Waals surface area contributed by atoms with E-state index in [2.05, 4.69) is 5.32 Å². The molecule has 0 spiro atoms. The van der Waals surface area contributed by atoms with Crippen LogP contribution in [-0.2, 0) is 9.59 Å². The van der Waals surface area contributed by atoms with Crippen molar-refractivity contribution in [2.75, 3.05) is 0 Å². The van der Waals surface area contributed by atoms with E-state index in [4.69, 9.17) is 10.2 Å². The van der Waals surface area contributed by atoms with Gasteiger partial charge in [0.15, 0.2) is 0 Å². The first-order chi connectivity index (χ1) is 5.04. The molecule has 1 aliphatic rings. The second-order valence-corrected chi connectivity index (χ2v) is 2.59. The molecule has 62 valence electrons. The molecule has 5 heteroatoms. The van der Waals surface area contributed by atoms with Gasteiger partial charge in [0.2, 0.25) is 5.91 Å². The van der Waals surface area contributed by atoms with Crippen molar-refractivity contribution in [3.8, 4) is 0 Å². The van der Waals surface area contributed by atoms with E-state index >= 15 is 0 Å². The van der Waals surface area contributed by atoms with Crippen LogP contribution in [0.2, 0.25) is 0 Å². The second kappa shape index (κ2) is 2.50. The van der Waals surface area contributed by atoms with E-state index in [0.717, 1.165) is 0 Å². The highest BCUT2D eigenvalue weighted by Gasteiger charge is 2.46. The highest BCUT2D eigenvalue weighted by molar-refractivity contribution is 5.96. The van der Waals surface area contributed by atoms with E-state index in [1.807, 2.05) is 0 Å². The van der Waals surface area contributed by atoms with Gasteiger partial charge in [0, 0.05) is 0 Å². The van der Waals surface area contributed by atoms with Gasteiger partial charge >= 0.3 is 5.97 Å². The molecule has 0 radical (unpaired) electrons. The number of carboxylic acid groups (broad SMARTS) is 1. The molecule has 0 saturated carbocycles. The Balaban J connectivity index is 2.62. The van der Waals surface area contributed by atoms with Gasteiger partial charge in [0.05, 0.1) is 12.0 Å². The number of hydrogen-bond acceptors (Lipinski definition) is 3. The van der Waals surface area contributed by atoms with Crippen LogP contribution in [0.4, 0.5) is 0 Å². The van der Waals surface area contributed by atoms with Crippen LogP contribution < -0.4 is 5.32 Å². The molecule has 3 atom stereocenters. The Morgan fingerprint density at radius 3 is 2.45 bits per heavy atom. The number of carboxylic acids is 1. The molecule has 1 aliphatic heterocycles. The third-order valence-corrected chi connectivity index (χ3v) is 1.75. The van der Waals surface area contributed by atoms with Crippen LogP contribution in [0.15, 0.2) is 0 Å². The quantitative estimate of drug-likeness (QED) is 0.431. The van der Waals surface area contributed by atoms with Gasteiger partial charge in [0.1, 0.15) is 6.04 Å². The predicted molar refractivity (Wildman–Crippen MR) is 34.7 cm³/mol. The number of amides is 1. The number of nitrogens with one attached hydrogen (secondary N) is 1. The lowest BCUT2D eigenvalue weighted by atomic mass is 9.86. The van der Waals surface area contributed by atoms with Crippen molar-refractivity contribution in [2.45, 2.75) is 19.1 Å². The van der Waals surface area contributed by atoms with E-state index in [0.29, 0.717) is 0 Å². The smallest absolute Gasteiger partial charge is 0.327 e. The largest absolute Gasteiger partial charge is 0.480 e. The van der Waals surface area contributed by atoms with Gasteiger partial charge in [0.25, 0.3) is 0 Å². The van der Waals surface area contributed by atoms with Gasteiger partial charge < -0.3 is 15.5 Å². The molecule has 0 aromatic carbocycles.